The van der Waals surface area contributed by atoms with Crippen LogP contribution in [0.25, 0.3) is 0 Å². The SMILES string of the molecule is Nc1cccc(N)c1.O=C1CCCN1. The molecule has 0 aromatic heterocycles. The number of nitrogens with two attached hydrogens (primary N) is 2. The molecule has 14 heavy (non-hydrogen) atoms. The van der Waals surface area contributed by atoms with Crippen LogP contribution in [-0.4, -0.2) is 12.5 Å². The van der Waals surface area contributed by atoms with Gasteiger partial charge in [0.2, 0.25) is 5.91 Å². The zero-order valence-corrected chi connectivity index (χ0v) is 7.99. The monoisotopic (exact) mass is 193 g/mol. The van der Waals surface area contributed by atoms with E-state index in [1.807, 2.05) is 6.07 Å². The highest BCUT2D eigenvalue weighted by Crippen LogP contribution is 2.06. The molecule has 0 saturated carbocycles. The zero-order chi connectivity index (χ0) is 10.4. The minimum absolute atomic E-state index is 0.204. The molecule has 0 spiro atoms. The lowest BCUT2D eigenvalue weighted by atomic mass is 10.3. The Labute approximate surface area is 83.3 Å². The Kier molecular flexibility index (Phi) is 3.79. The molecule has 2 rings (SSSR count). The summed E-state index contributed by atoms with van der Waals surface area (Å²) < 4.78 is 0. The van der Waals surface area contributed by atoms with Gasteiger partial charge in [-0.2, -0.15) is 0 Å². The summed E-state index contributed by atoms with van der Waals surface area (Å²) in [5.74, 6) is 0.204. The second-order valence-electron chi connectivity index (χ2n) is 3.12. The molecule has 0 aliphatic carbocycles. The molecule has 1 heterocycles. The summed E-state index contributed by atoms with van der Waals surface area (Å²) >= 11 is 0. The molecule has 0 bridgehead atoms. The third-order valence-electron chi connectivity index (χ3n) is 1.81. The first-order valence-electron chi connectivity index (χ1n) is 4.56. The number of carbonyl (C=O) groups excluding carboxylic acids is 1. The van der Waals surface area contributed by atoms with E-state index >= 15 is 0 Å². The van der Waals surface area contributed by atoms with Gasteiger partial charge in [-0.05, 0) is 24.6 Å². The number of nitrogen functional groups attached to an aromatic ring is 2. The Hall–Kier alpha value is -1.71. The zero-order valence-electron chi connectivity index (χ0n) is 7.99. The van der Waals surface area contributed by atoms with Gasteiger partial charge in [-0.25, -0.2) is 0 Å². The summed E-state index contributed by atoms with van der Waals surface area (Å²) in [6, 6.07) is 7.15. The van der Waals surface area contributed by atoms with Crippen LogP contribution in [-0.2, 0) is 4.79 Å². The van der Waals surface area contributed by atoms with E-state index in [-0.39, 0.29) is 5.91 Å². The fraction of sp³-hybridized carbons (Fsp3) is 0.300. The number of nitrogens with one attached hydrogen (secondary N) is 1. The van der Waals surface area contributed by atoms with Gasteiger partial charge in [-0.15, -0.1) is 0 Å². The van der Waals surface area contributed by atoms with Crippen LogP contribution in [0, 0.1) is 0 Å². The molecule has 5 N–H and O–H groups in total. The van der Waals surface area contributed by atoms with Crippen LogP contribution in [0.15, 0.2) is 24.3 Å². The number of rotatable bonds is 0. The molecule has 0 unspecified atom stereocenters. The first-order chi connectivity index (χ1) is 6.68. The van der Waals surface area contributed by atoms with Crippen molar-refractivity contribution in [3.63, 3.8) is 0 Å². The van der Waals surface area contributed by atoms with E-state index < -0.39 is 0 Å². The lowest BCUT2D eigenvalue weighted by Crippen LogP contribution is -2.12. The van der Waals surface area contributed by atoms with Crippen molar-refractivity contribution < 1.29 is 4.79 Å². The average molecular weight is 193 g/mol. The first kappa shape index (κ1) is 10.4. The summed E-state index contributed by atoms with van der Waals surface area (Å²) in [4.78, 5) is 10.1. The smallest absolute Gasteiger partial charge is 0.220 e. The van der Waals surface area contributed by atoms with Crippen molar-refractivity contribution in [2.75, 3.05) is 18.0 Å². The van der Waals surface area contributed by atoms with E-state index in [1.165, 1.54) is 0 Å². The molecule has 1 aliphatic heterocycles. The minimum atomic E-state index is 0.204. The van der Waals surface area contributed by atoms with E-state index in [1.54, 1.807) is 18.2 Å². The van der Waals surface area contributed by atoms with Gasteiger partial charge in [0.1, 0.15) is 0 Å². The molecule has 1 aromatic carbocycles. The maximum Gasteiger partial charge on any atom is 0.220 e. The van der Waals surface area contributed by atoms with Crippen molar-refractivity contribution >= 4 is 17.3 Å². The summed E-state index contributed by atoms with van der Waals surface area (Å²) in [7, 11) is 0. The normalized spacial score (nSPS) is 14.1. The Morgan fingerprint density at radius 2 is 1.86 bits per heavy atom. The average Bonchev–Trinajstić information content (AvgIpc) is 2.56. The van der Waals surface area contributed by atoms with Gasteiger partial charge < -0.3 is 16.8 Å². The minimum Gasteiger partial charge on any atom is -0.399 e. The van der Waals surface area contributed by atoms with Crippen LogP contribution in [0.1, 0.15) is 12.8 Å². The number of hydrogen-bond donors (Lipinski definition) is 3. The van der Waals surface area contributed by atoms with Gasteiger partial charge in [0.25, 0.3) is 0 Å². The molecule has 4 heteroatoms. The molecular weight excluding hydrogens is 178 g/mol. The second kappa shape index (κ2) is 5.11. The molecule has 1 saturated heterocycles. The Morgan fingerprint density at radius 1 is 1.21 bits per heavy atom. The third-order valence-corrected chi connectivity index (χ3v) is 1.81. The predicted molar refractivity (Wildman–Crippen MR) is 57.5 cm³/mol. The number of benzene rings is 1. The molecule has 4 nitrogen and oxygen atoms in total. The van der Waals surface area contributed by atoms with Crippen molar-refractivity contribution in [1.82, 2.24) is 5.32 Å². The highest BCUT2D eigenvalue weighted by molar-refractivity contribution is 5.77. The van der Waals surface area contributed by atoms with E-state index in [4.69, 9.17) is 11.5 Å². The molecule has 1 amide bonds. The summed E-state index contributed by atoms with van der Waals surface area (Å²) in [5.41, 5.74) is 12.2. The summed E-state index contributed by atoms with van der Waals surface area (Å²) in [5, 5.41) is 2.68. The van der Waals surface area contributed by atoms with E-state index in [0.29, 0.717) is 11.4 Å². The molecule has 1 fully saturated rings. The van der Waals surface area contributed by atoms with Gasteiger partial charge in [0.05, 0.1) is 0 Å². The highest BCUT2D eigenvalue weighted by Gasteiger charge is 2.05. The molecule has 0 atom stereocenters. The molecule has 0 radical (unpaired) electrons. The largest absolute Gasteiger partial charge is 0.399 e. The maximum atomic E-state index is 10.1. The van der Waals surface area contributed by atoms with Crippen LogP contribution in [0.3, 0.4) is 0 Å². The van der Waals surface area contributed by atoms with Gasteiger partial charge >= 0.3 is 0 Å². The Bertz CT molecular complexity index is 287. The molecule has 1 aromatic rings. The number of hydrogen-bond acceptors (Lipinski definition) is 3. The quantitative estimate of drug-likeness (QED) is 0.532. The standard InChI is InChI=1S/C6H8N2.C4H7NO/c7-5-2-1-3-6(8)4-5;6-4-2-1-3-5-4/h1-4H,7-8H2;1-3H2,(H,5,6). The lowest BCUT2D eigenvalue weighted by Gasteiger charge is -1.91. The summed E-state index contributed by atoms with van der Waals surface area (Å²) in [6.07, 6.45) is 1.76. The van der Waals surface area contributed by atoms with Gasteiger partial charge in [-0.1, -0.05) is 6.07 Å². The van der Waals surface area contributed by atoms with Crippen molar-refractivity contribution in [3.05, 3.63) is 24.3 Å². The van der Waals surface area contributed by atoms with E-state index in [9.17, 15) is 4.79 Å². The Morgan fingerprint density at radius 3 is 2.07 bits per heavy atom. The molecule has 1 aliphatic rings. The van der Waals surface area contributed by atoms with Gasteiger partial charge in [-0.3, -0.25) is 4.79 Å². The van der Waals surface area contributed by atoms with Crippen molar-refractivity contribution in [3.8, 4) is 0 Å². The highest BCUT2D eigenvalue weighted by atomic mass is 16.1. The van der Waals surface area contributed by atoms with Crippen LogP contribution >= 0.6 is 0 Å². The van der Waals surface area contributed by atoms with E-state index in [0.717, 1.165) is 19.4 Å². The predicted octanol–water partition coefficient (Wildman–Crippen LogP) is 0.747. The first-order valence-corrected chi connectivity index (χ1v) is 4.56. The van der Waals surface area contributed by atoms with Gasteiger partial charge in [0, 0.05) is 24.3 Å². The van der Waals surface area contributed by atoms with Crippen LogP contribution in [0.4, 0.5) is 11.4 Å². The van der Waals surface area contributed by atoms with Crippen LogP contribution in [0.2, 0.25) is 0 Å². The fourth-order valence-corrected chi connectivity index (χ4v) is 1.12. The second-order valence-corrected chi connectivity index (χ2v) is 3.12. The van der Waals surface area contributed by atoms with Crippen molar-refractivity contribution in [2.24, 2.45) is 0 Å². The van der Waals surface area contributed by atoms with Crippen molar-refractivity contribution in [1.29, 1.82) is 0 Å². The molecular formula is C10H15N3O. The topological polar surface area (TPSA) is 81.1 Å². The lowest BCUT2D eigenvalue weighted by molar-refractivity contribution is -0.119. The molecule has 76 valence electrons. The maximum absolute atomic E-state index is 10.1. The van der Waals surface area contributed by atoms with Crippen LogP contribution < -0.4 is 16.8 Å². The number of amides is 1. The van der Waals surface area contributed by atoms with Crippen molar-refractivity contribution in [2.45, 2.75) is 12.8 Å². The van der Waals surface area contributed by atoms with Gasteiger partial charge in [0.15, 0.2) is 0 Å². The van der Waals surface area contributed by atoms with Crippen LogP contribution in [0.5, 0.6) is 0 Å². The van der Waals surface area contributed by atoms with E-state index in [2.05, 4.69) is 5.32 Å². The number of carbonyl (C=O) groups is 1. The Balaban J connectivity index is 0.000000146. The summed E-state index contributed by atoms with van der Waals surface area (Å²) in [6.45, 7) is 0.888. The third kappa shape index (κ3) is 3.80. The number of anilines is 2. The fourth-order valence-electron chi connectivity index (χ4n) is 1.12.